The van der Waals surface area contributed by atoms with Gasteiger partial charge in [-0.3, -0.25) is 0 Å². The van der Waals surface area contributed by atoms with Gasteiger partial charge >= 0.3 is 5.97 Å². The van der Waals surface area contributed by atoms with Crippen LogP contribution in [0.25, 0.3) is 11.0 Å². The van der Waals surface area contributed by atoms with E-state index in [2.05, 4.69) is 26.8 Å². The molecule has 2 aromatic heterocycles. The predicted octanol–water partition coefficient (Wildman–Crippen LogP) is 3.53. The Balaban J connectivity index is 2.16. The zero-order chi connectivity index (χ0) is 15.2. The maximum absolute atomic E-state index is 12.0. The molecule has 3 rings (SSSR count). The van der Waals surface area contributed by atoms with Crippen molar-refractivity contribution in [3.8, 4) is 0 Å². The summed E-state index contributed by atoms with van der Waals surface area (Å²) in [5.74, 6) is 0.384. The molecule has 0 radical (unpaired) electrons. The van der Waals surface area contributed by atoms with Gasteiger partial charge in [0.1, 0.15) is 11.3 Å². The summed E-state index contributed by atoms with van der Waals surface area (Å²) in [6, 6.07) is 5.99. The van der Waals surface area contributed by atoms with Crippen molar-refractivity contribution in [1.82, 2.24) is 9.55 Å². The van der Waals surface area contributed by atoms with Crippen molar-refractivity contribution in [2.24, 2.45) is 5.92 Å². The van der Waals surface area contributed by atoms with Gasteiger partial charge in [0.25, 0.3) is 0 Å². The molecule has 4 nitrogen and oxygen atoms in total. The van der Waals surface area contributed by atoms with Gasteiger partial charge in [-0.05, 0) is 37.0 Å². The van der Waals surface area contributed by atoms with Gasteiger partial charge in [0.2, 0.25) is 0 Å². The van der Waals surface area contributed by atoms with Crippen LogP contribution in [0.15, 0.2) is 18.2 Å². The fourth-order valence-electron chi connectivity index (χ4n) is 2.56. The number of hydrogen-bond acceptors (Lipinski definition) is 3. The molecule has 4 heteroatoms. The molecule has 2 heterocycles. The maximum atomic E-state index is 12.0. The smallest absolute Gasteiger partial charge is 0.354 e. The first-order valence-electron chi connectivity index (χ1n) is 7.49. The fourth-order valence-corrected chi connectivity index (χ4v) is 2.56. The van der Waals surface area contributed by atoms with Gasteiger partial charge in [-0.2, -0.15) is 0 Å². The van der Waals surface area contributed by atoms with Crippen LogP contribution in [0, 0.1) is 5.92 Å². The highest BCUT2D eigenvalue weighted by atomic mass is 16.5. The minimum absolute atomic E-state index is 0.00566. The molecule has 1 aliphatic rings. The Morgan fingerprint density at radius 3 is 2.67 bits per heavy atom. The van der Waals surface area contributed by atoms with E-state index < -0.39 is 0 Å². The molecule has 0 spiro atoms. The number of methoxy groups -OCH3 is 1. The topological polar surface area (TPSA) is 44.1 Å². The van der Waals surface area contributed by atoms with Gasteiger partial charge in [-0.1, -0.05) is 20.8 Å². The van der Waals surface area contributed by atoms with Crippen molar-refractivity contribution in [2.45, 2.75) is 45.6 Å². The summed E-state index contributed by atoms with van der Waals surface area (Å²) in [4.78, 5) is 16.8. The normalized spacial score (nSPS) is 15.4. The molecule has 0 unspecified atom stereocenters. The summed E-state index contributed by atoms with van der Waals surface area (Å²) >= 11 is 0. The van der Waals surface area contributed by atoms with Gasteiger partial charge in [0.05, 0.1) is 7.11 Å². The minimum atomic E-state index is -0.286. The van der Waals surface area contributed by atoms with Gasteiger partial charge < -0.3 is 9.30 Å². The van der Waals surface area contributed by atoms with Crippen molar-refractivity contribution >= 4 is 17.0 Å². The Morgan fingerprint density at radius 1 is 1.38 bits per heavy atom. The summed E-state index contributed by atoms with van der Waals surface area (Å²) in [6.45, 7) is 7.30. The molecule has 0 N–H and O–H groups in total. The number of pyridine rings is 1. The maximum Gasteiger partial charge on any atom is 0.354 e. The highest BCUT2D eigenvalue weighted by Gasteiger charge is 2.27. The van der Waals surface area contributed by atoms with Gasteiger partial charge in [-0.25, -0.2) is 9.78 Å². The Morgan fingerprint density at radius 2 is 2.10 bits per heavy atom. The molecule has 0 amide bonds. The second-order valence-corrected chi connectivity index (χ2v) is 6.93. The zero-order valence-electron chi connectivity index (χ0n) is 13.1. The van der Waals surface area contributed by atoms with Crippen LogP contribution in [0.4, 0.5) is 0 Å². The Hall–Kier alpha value is -1.84. The second kappa shape index (κ2) is 4.86. The van der Waals surface area contributed by atoms with Crippen molar-refractivity contribution in [2.75, 3.05) is 7.11 Å². The number of aromatic nitrogens is 2. The standard InChI is InChI=1S/C17H22N2O2/c1-17(2,3)14-8-7-12-9-13(16(20)21-4)19(15(12)18-14)10-11-5-6-11/h7-9,11H,5-6,10H2,1-4H3. The van der Waals surface area contributed by atoms with Crippen LogP contribution >= 0.6 is 0 Å². The van der Waals surface area contributed by atoms with Crippen LogP contribution in [-0.4, -0.2) is 22.6 Å². The van der Waals surface area contributed by atoms with Crippen molar-refractivity contribution in [1.29, 1.82) is 0 Å². The lowest BCUT2D eigenvalue weighted by molar-refractivity contribution is 0.0588. The predicted molar refractivity (Wildman–Crippen MR) is 82.5 cm³/mol. The molecule has 2 aromatic rings. The van der Waals surface area contributed by atoms with E-state index in [1.54, 1.807) is 0 Å². The van der Waals surface area contributed by atoms with E-state index in [1.807, 2.05) is 16.7 Å². The highest BCUT2D eigenvalue weighted by molar-refractivity contribution is 5.94. The summed E-state index contributed by atoms with van der Waals surface area (Å²) in [5.41, 5.74) is 2.54. The number of rotatable bonds is 3. The van der Waals surface area contributed by atoms with Crippen LogP contribution in [-0.2, 0) is 16.7 Å². The number of hydrogen-bond donors (Lipinski definition) is 0. The molecule has 21 heavy (non-hydrogen) atoms. The summed E-state index contributed by atoms with van der Waals surface area (Å²) in [6.07, 6.45) is 2.47. The number of nitrogens with zero attached hydrogens (tertiary/aromatic N) is 2. The first-order chi connectivity index (χ1) is 9.90. The average molecular weight is 286 g/mol. The van der Waals surface area contributed by atoms with E-state index in [9.17, 15) is 4.79 Å². The van der Waals surface area contributed by atoms with E-state index in [-0.39, 0.29) is 11.4 Å². The number of carbonyl (C=O) groups is 1. The molecule has 0 atom stereocenters. The summed E-state index contributed by atoms with van der Waals surface area (Å²) in [7, 11) is 1.43. The zero-order valence-corrected chi connectivity index (χ0v) is 13.1. The highest BCUT2D eigenvalue weighted by Crippen LogP contribution is 2.33. The molecule has 112 valence electrons. The van der Waals surface area contributed by atoms with E-state index in [0.29, 0.717) is 11.6 Å². The lowest BCUT2D eigenvalue weighted by Crippen LogP contribution is -2.15. The van der Waals surface area contributed by atoms with Crippen molar-refractivity contribution < 1.29 is 9.53 Å². The van der Waals surface area contributed by atoms with E-state index in [0.717, 1.165) is 23.3 Å². The largest absolute Gasteiger partial charge is 0.464 e. The molecule has 1 saturated carbocycles. The number of esters is 1. The Bertz CT molecular complexity index is 691. The molecular formula is C17H22N2O2. The molecule has 0 aliphatic heterocycles. The quantitative estimate of drug-likeness (QED) is 0.811. The second-order valence-electron chi connectivity index (χ2n) is 6.93. The minimum Gasteiger partial charge on any atom is -0.464 e. The van der Waals surface area contributed by atoms with Crippen LogP contribution in [0.1, 0.15) is 49.8 Å². The third kappa shape index (κ3) is 2.67. The molecule has 1 fully saturated rings. The molecule has 1 aliphatic carbocycles. The third-order valence-corrected chi connectivity index (χ3v) is 4.04. The first kappa shape index (κ1) is 14.1. The van der Waals surface area contributed by atoms with Crippen molar-refractivity contribution in [3.63, 3.8) is 0 Å². The Kier molecular flexibility index (Phi) is 3.27. The summed E-state index contributed by atoms with van der Waals surface area (Å²) < 4.78 is 6.95. The molecular weight excluding hydrogens is 264 g/mol. The van der Waals surface area contributed by atoms with Crippen LogP contribution < -0.4 is 0 Å². The summed E-state index contributed by atoms with van der Waals surface area (Å²) in [5, 5.41) is 1.00. The molecule has 0 aromatic carbocycles. The van der Waals surface area contributed by atoms with Crippen LogP contribution in [0.2, 0.25) is 0 Å². The first-order valence-corrected chi connectivity index (χ1v) is 7.49. The number of carbonyl (C=O) groups excluding carboxylic acids is 1. The van der Waals surface area contributed by atoms with Gasteiger partial charge in [0, 0.05) is 23.0 Å². The monoisotopic (exact) mass is 286 g/mol. The van der Waals surface area contributed by atoms with E-state index >= 15 is 0 Å². The lowest BCUT2D eigenvalue weighted by atomic mass is 9.91. The lowest BCUT2D eigenvalue weighted by Gasteiger charge is -2.18. The van der Waals surface area contributed by atoms with Crippen LogP contribution in [0.5, 0.6) is 0 Å². The number of fused-ring (bicyclic) bond motifs is 1. The Labute approximate surface area is 125 Å². The van der Waals surface area contributed by atoms with E-state index in [1.165, 1.54) is 20.0 Å². The molecule has 0 saturated heterocycles. The fraction of sp³-hybridized carbons (Fsp3) is 0.529. The van der Waals surface area contributed by atoms with E-state index in [4.69, 9.17) is 9.72 Å². The molecule has 0 bridgehead atoms. The SMILES string of the molecule is COC(=O)c1cc2ccc(C(C)(C)C)nc2n1CC1CC1. The number of ether oxygens (including phenoxy) is 1. The third-order valence-electron chi connectivity index (χ3n) is 4.04. The van der Waals surface area contributed by atoms with Crippen molar-refractivity contribution in [3.05, 3.63) is 29.6 Å². The van der Waals surface area contributed by atoms with Gasteiger partial charge in [0.15, 0.2) is 0 Å². The average Bonchev–Trinajstić information content (AvgIpc) is 3.18. The van der Waals surface area contributed by atoms with Gasteiger partial charge in [-0.15, -0.1) is 0 Å². The van der Waals surface area contributed by atoms with Crippen LogP contribution in [0.3, 0.4) is 0 Å².